The number of esters is 1. The number of hydrogen-bond donors (Lipinski definition) is 0. The molecule has 0 saturated carbocycles. The van der Waals surface area contributed by atoms with Crippen LogP contribution in [0.4, 0.5) is 11.4 Å². The average molecular weight is 793 g/mol. The molecule has 3 aromatic rings. The van der Waals surface area contributed by atoms with E-state index in [1.807, 2.05) is 6.07 Å². The first kappa shape index (κ1) is 40.2. The van der Waals surface area contributed by atoms with Gasteiger partial charge in [-0.15, -0.1) is 0 Å². The van der Waals surface area contributed by atoms with Crippen LogP contribution in [0.5, 0.6) is 23.0 Å². The van der Waals surface area contributed by atoms with E-state index in [2.05, 4.69) is 40.0 Å². The SMILES string of the molecule is C=C1C[C@H]2C=Nc3cc(OCc4cc(CCCOCCOCC(=O)OC)cc(COc5cc6c(cc5OC)C(=O)N5CC(=C)C[C@H]5C=N6)c4)c(OC)cc3C(=O)N2C1. The maximum absolute atomic E-state index is 13.5. The van der Waals surface area contributed by atoms with Crippen LogP contribution in [0.2, 0.25) is 0 Å². The highest BCUT2D eigenvalue weighted by atomic mass is 16.6. The molecule has 58 heavy (non-hydrogen) atoms. The minimum Gasteiger partial charge on any atom is -0.493 e. The highest BCUT2D eigenvalue weighted by molar-refractivity contribution is 6.04. The van der Waals surface area contributed by atoms with Crippen molar-refractivity contribution in [3.8, 4) is 23.0 Å². The molecule has 0 aliphatic carbocycles. The monoisotopic (exact) mass is 792 g/mol. The second kappa shape index (κ2) is 18.1. The third-order valence-corrected chi connectivity index (χ3v) is 10.4. The quantitative estimate of drug-likeness (QED) is 0.0910. The van der Waals surface area contributed by atoms with Crippen LogP contribution in [-0.4, -0.2) is 113 Å². The van der Waals surface area contributed by atoms with Crippen LogP contribution in [0.15, 0.2) is 76.8 Å². The van der Waals surface area contributed by atoms with Crippen molar-refractivity contribution in [2.24, 2.45) is 9.98 Å². The summed E-state index contributed by atoms with van der Waals surface area (Å²) in [6, 6.07) is 12.8. The fourth-order valence-electron chi connectivity index (χ4n) is 7.50. The van der Waals surface area contributed by atoms with E-state index in [1.165, 1.54) is 7.11 Å². The van der Waals surface area contributed by atoms with Crippen LogP contribution in [0.1, 0.15) is 56.7 Å². The zero-order chi connectivity index (χ0) is 40.8. The number of amides is 2. The molecule has 2 fully saturated rings. The molecular weight excluding hydrogens is 745 g/mol. The lowest BCUT2D eigenvalue weighted by Gasteiger charge is -2.20. The lowest BCUT2D eigenvalue weighted by atomic mass is 10.0. The number of aryl methyl sites for hydroxylation is 1. The zero-order valence-corrected chi connectivity index (χ0v) is 33.1. The highest BCUT2D eigenvalue weighted by Crippen LogP contribution is 2.40. The Kier molecular flexibility index (Phi) is 12.5. The molecule has 3 aromatic carbocycles. The summed E-state index contributed by atoms with van der Waals surface area (Å²) in [6.45, 7) is 10.5. The van der Waals surface area contributed by atoms with Gasteiger partial charge in [-0.25, -0.2) is 4.79 Å². The summed E-state index contributed by atoms with van der Waals surface area (Å²) in [5, 5.41) is 0. The summed E-state index contributed by atoms with van der Waals surface area (Å²) in [6.07, 6.45) is 6.41. The number of nitrogens with zero attached hydrogens (tertiary/aromatic N) is 4. The van der Waals surface area contributed by atoms with Crippen molar-refractivity contribution in [3.05, 3.63) is 94.6 Å². The van der Waals surface area contributed by atoms with Gasteiger partial charge < -0.3 is 43.0 Å². The van der Waals surface area contributed by atoms with Gasteiger partial charge in [0, 0.05) is 44.3 Å². The van der Waals surface area contributed by atoms with E-state index in [4.69, 9.17) is 28.4 Å². The van der Waals surface area contributed by atoms with Crippen molar-refractivity contribution in [2.75, 3.05) is 60.8 Å². The predicted octanol–water partition coefficient (Wildman–Crippen LogP) is 5.97. The number of methoxy groups -OCH3 is 3. The van der Waals surface area contributed by atoms with Crippen molar-refractivity contribution in [1.82, 2.24) is 9.80 Å². The Morgan fingerprint density at radius 1 is 0.672 bits per heavy atom. The fourth-order valence-corrected chi connectivity index (χ4v) is 7.50. The van der Waals surface area contributed by atoms with Crippen molar-refractivity contribution >= 4 is 41.6 Å². The highest BCUT2D eigenvalue weighted by Gasteiger charge is 2.35. The Labute approximate surface area is 337 Å². The lowest BCUT2D eigenvalue weighted by Crippen LogP contribution is -2.35. The maximum atomic E-state index is 13.5. The van der Waals surface area contributed by atoms with Gasteiger partial charge in [0.2, 0.25) is 0 Å². The summed E-state index contributed by atoms with van der Waals surface area (Å²) in [5.41, 5.74) is 6.75. The number of aliphatic imine (C=N–C) groups is 2. The minimum atomic E-state index is -0.434. The average Bonchev–Trinajstić information content (AvgIpc) is 3.74. The standard InChI is InChI=1S/C44H48N4O10/c1-27-11-32-20-45-36-18-40(38(52-3)16-34(36)43(50)47(32)22-27)57-24-30-13-29(7-6-8-55-9-10-56-26-42(49)54-5)14-31(15-30)25-58-41-19-37-35(17-39(41)53-4)44(51)48-23-28(2)12-33(48)21-46-37/h13-21,32-33H,1-2,6-12,22-26H2,3-5H3/t32-,33-/m0/s1. The smallest absolute Gasteiger partial charge is 0.331 e. The summed E-state index contributed by atoms with van der Waals surface area (Å²) >= 11 is 0. The minimum absolute atomic E-state index is 0.115. The molecule has 0 aromatic heterocycles. The van der Waals surface area contributed by atoms with Crippen LogP contribution in [0.25, 0.3) is 0 Å². The molecule has 4 aliphatic rings. The van der Waals surface area contributed by atoms with Gasteiger partial charge in [0.1, 0.15) is 19.8 Å². The Morgan fingerprint density at radius 3 is 1.67 bits per heavy atom. The van der Waals surface area contributed by atoms with Gasteiger partial charge in [-0.3, -0.25) is 19.6 Å². The van der Waals surface area contributed by atoms with E-state index < -0.39 is 5.97 Å². The van der Waals surface area contributed by atoms with Crippen LogP contribution in [0, 0.1) is 0 Å². The molecule has 14 heteroatoms. The van der Waals surface area contributed by atoms with Crippen molar-refractivity contribution in [3.63, 3.8) is 0 Å². The molecule has 0 spiro atoms. The number of carbonyl (C=O) groups is 3. The number of ether oxygens (including phenoxy) is 7. The molecule has 2 saturated heterocycles. The van der Waals surface area contributed by atoms with Gasteiger partial charge in [0.25, 0.3) is 11.8 Å². The van der Waals surface area contributed by atoms with Crippen LogP contribution in [0.3, 0.4) is 0 Å². The Hall–Kier alpha value is -5.99. The van der Waals surface area contributed by atoms with Gasteiger partial charge in [-0.1, -0.05) is 36.4 Å². The summed E-state index contributed by atoms with van der Waals surface area (Å²) in [4.78, 5) is 51.2. The number of carbonyl (C=O) groups excluding carboxylic acids is 3. The van der Waals surface area contributed by atoms with E-state index in [1.54, 1.807) is 60.7 Å². The van der Waals surface area contributed by atoms with E-state index in [-0.39, 0.29) is 50.3 Å². The van der Waals surface area contributed by atoms with Gasteiger partial charge in [0.05, 0.1) is 69.1 Å². The number of benzene rings is 3. The zero-order valence-electron chi connectivity index (χ0n) is 33.1. The predicted molar refractivity (Wildman–Crippen MR) is 217 cm³/mol. The molecule has 304 valence electrons. The van der Waals surface area contributed by atoms with E-state index in [0.717, 1.165) is 34.3 Å². The lowest BCUT2D eigenvalue weighted by molar-refractivity contribution is -0.146. The Morgan fingerprint density at radius 2 is 1.17 bits per heavy atom. The first-order chi connectivity index (χ1) is 28.1. The number of hydrogen-bond acceptors (Lipinski definition) is 12. The van der Waals surface area contributed by atoms with Crippen LogP contribution in [-0.2, 0) is 38.6 Å². The van der Waals surface area contributed by atoms with E-state index in [0.29, 0.717) is 91.1 Å². The topological polar surface area (TPSA) is 147 Å². The maximum Gasteiger partial charge on any atom is 0.331 e. The summed E-state index contributed by atoms with van der Waals surface area (Å²) in [5.74, 6) is 1.09. The van der Waals surface area contributed by atoms with Crippen LogP contribution < -0.4 is 18.9 Å². The number of fused-ring (bicyclic) bond motifs is 4. The van der Waals surface area contributed by atoms with Gasteiger partial charge in [0.15, 0.2) is 23.0 Å². The molecule has 0 radical (unpaired) electrons. The first-order valence-electron chi connectivity index (χ1n) is 19.2. The normalized spacial score (nSPS) is 18.0. The van der Waals surface area contributed by atoms with Gasteiger partial charge in [-0.2, -0.15) is 0 Å². The first-order valence-corrected chi connectivity index (χ1v) is 19.2. The summed E-state index contributed by atoms with van der Waals surface area (Å²) < 4.78 is 39.7. The van der Waals surface area contributed by atoms with Gasteiger partial charge >= 0.3 is 5.97 Å². The third kappa shape index (κ3) is 9.08. The Balaban J connectivity index is 1.08. The molecule has 7 rings (SSSR count). The molecule has 14 nitrogen and oxygen atoms in total. The molecule has 4 heterocycles. The van der Waals surface area contributed by atoms with Crippen molar-refractivity contribution in [2.45, 2.75) is 51.0 Å². The molecule has 2 atom stereocenters. The van der Waals surface area contributed by atoms with Crippen LogP contribution >= 0.6 is 0 Å². The Bertz CT molecular complexity index is 2030. The molecule has 0 bridgehead atoms. The number of rotatable bonds is 17. The summed E-state index contributed by atoms with van der Waals surface area (Å²) in [7, 11) is 4.40. The van der Waals surface area contributed by atoms with E-state index >= 15 is 0 Å². The molecule has 0 unspecified atom stereocenters. The van der Waals surface area contributed by atoms with E-state index in [9.17, 15) is 14.4 Å². The second-order valence-electron chi connectivity index (χ2n) is 14.6. The molecule has 2 amide bonds. The van der Waals surface area contributed by atoms with Crippen molar-refractivity contribution < 1.29 is 47.5 Å². The second-order valence-corrected chi connectivity index (χ2v) is 14.6. The molecule has 4 aliphatic heterocycles. The third-order valence-electron chi connectivity index (χ3n) is 10.4. The van der Waals surface area contributed by atoms with Gasteiger partial charge in [-0.05, 0) is 60.6 Å². The largest absolute Gasteiger partial charge is 0.493 e. The molecular formula is C44H48N4O10. The fraction of sp³-hybridized carbons (Fsp3) is 0.386. The van der Waals surface area contributed by atoms with Crippen molar-refractivity contribution in [1.29, 1.82) is 0 Å². The molecule has 0 N–H and O–H groups in total.